The molecule has 0 radical (unpaired) electrons. The number of nitrogens with zero attached hydrogens (tertiary/aromatic N) is 1. The molecule has 7 heteroatoms. The third-order valence-corrected chi connectivity index (χ3v) is 9.27. The maximum Gasteiger partial charge on any atom is 0.314 e. The zero-order chi connectivity index (χ0) is 30.5. The molecule has 0 saturated carbocycles. The van der Waals surface area contributed by atoms with E-state index in [0.29, 0.717) is 11.3 Å². The molecule has 4 aromatic carbocycles. The van der Waals surface area contributed by atoms with Crippen LogP contribution in [0.25, 0.3) is 6.08 Å². The first-order valence-electron chi connectivity index (χ1n) is 14.9. The Kier molecular flexibility index (Phi) is 6.27. The van der Waals surface area contributed by atoms with Crippen LogP contribution < -0.4 is 10.2 Å². The van der Waals surface area contributed by atoms with Gasteiger partial charge in [-0.25, -0.2) is 0 Å². The molecule has 0 bridgehead atoms. The Labute approximate surface area is 259 Å². The summed E-state index contributed by atoms with van der Waals surface area (Å²) in [5.41, 5.74) is 2.98. The van der Waals surface area contributed by atoms with Crippen molar-refractivity contribution in [3.05, 3.63) is 162 Å². The summed E-state index contributed by atoms with van der Waals surface area (Å²) in [7, 11) is 0. The number of carbonyl (C=O) groups excluding carboxylic acids is 3. The summed E-state index contributed by atoms with van der Waals surface area (Å²) in [6.07, 6.45) is 4.57. The van der Waals surface area contributed by atoms with E-state index in [1.807, 2.05) is 126 Å². The van der Waals surface area contributed by atoms with Crippen molar-refractivity contribution in [1.29, 1.82) is 0 Å². The van der Waals surface area contributed by atoms with Crippen molar-refractivity contribution >= 4 is 35.1 Å². The Bertz CT molecular complexity index is 1910. The molecule has 1 spiro atoms. The molecule has 7 nitrogen and oxygen atoms in total. The summed E-state index contributed by atoms with van der Waals surface area (Å²) >= 11 is 0. The highest BCUT2D eigenvalue weighted by molar-refractivity contribution is 6.15. The lowest BCUT2D eigenvalue weighted by molar-refractivity contribution is -0.156. The fraction of sp³-hybridized carbons (Fsp3) is 0.132. The largest absolute Gasteiger partial charge is 0.461 e. The SMILES string of the molecule is O=C(c1ccco1)[C@@H]1[C@@H](C(=O)OC(c2ccccc2)c2ccccc2)[C@@]2(C(=O)Nc3ccccc32)[C@H]2C=Cc3ccccc3N12. The Morgan fingerprint density at radius 3 is 2.18 bits per heavy atom. The Morgan fingerprint density at radius 2 is 1.47 bits per heavy atom. The van der Waals surface area contributed by atoms with Gasteiger partial charge in [0.05, 0.1) is 12.3 Å². The van der Waals surface area contributed by atoms with Crippen LogP contribution in [0.15, 0.2) is 138 Å². The molecule has 45 heavy (non-hydrogen) atoms. The molecule has 1 fully saturated rings. The van der Waals surface area contributed by atoms with Crippen LogP contribution in [0.2, 0.25) is 0 Å². The summed E-state index contributed by atoms with van der Waals surface area (Å²) in [6, 6.07) is 35.5. The van der Waals surface area contributed by atoms with Gasteiger partial charge in [0.25, 0.3) is 0 Å². The number of amides is 1. The van der Waals surface area contributed by atoms with Gasteiger partial charge in [-0.1, -0.05) is 109 Å². The van der Waals surface area contributed by atoms with Crippen LogP contribution in [0, 0.1) is 5.92 Å². The monoisotopic (exact) mass is 592 g/mol. The highest BCUT2D eigenvalue weighted by Gasteiger charge is 2.71. The van der Waals surface area contributed by atoms with E-state index in [4.69, 9.17) is 9.15 Å². The number of hydrogen-bond donors (Lipinski definition) is 1. The highest BCUT2D eigenvalue weighted by Crippen LogP contribution is 2.58. The van der Waals surface area contributed by atoms with Crippen LogP contribution in [0.3, 0.4) is 0 Å². The zero-order valence-electron chi connectivity index (χ0n) is 24.1. The minimum absolute atomic E-state index is 0.106. The molecule has 3 aliphatic heterocycles. The number of rotatable bonds is 6. The average Bonchev–Trinajstić information content (AvgIpc) is 3.81. The molecule has 3 aliphatic rings. The van der Waals surface area contributed by atoms with E-state index < -0.39 is 41.3 Å². The number of hydrogen-bond acceptors (Lipinski definition) is 6. The van der Waals surface area contributed by atoms with Crippen molar-refractivity contribution < 1.29 is 23.5 Å². The lowest BCUT2D eigenvalue weighted by Gasteiger charge is -2.37. The van der Waals surface area contributed by atoms with Crippen LogP contribution in [-0.4, -0.2) is 29.7 Å². The fourth-order valence-corrected chi connectivity index (χ4v) is 7.42. The number of nitrogens with one attached hydrogen (secondary N) is 1. The molecule has 1 saturated heterocycles. The molecule has 220 valence electrons. The molecule has 0 aliphatic carbocycles. The first-order chi connectivity index (χ1) is 22.1. The standard InChI is InChI=1S/C38H28N2O5/c41-34(30-20-11-23-44-30)33-32(36(42)45-35(25-13-3-1-4-14-25)26-15-5-2-6-16-26)38(27-17-8-9-18-28(27)39-37(38)43)31-22-21-24-12-7-10-19-29(24)40(31)33/h1-23,31-33,35H,(H,39,43)/t31-,32+,33+,38+/m1/s1. The van der Waals surface area contributed by atoms with E-state index in [-0.39, 0.29) is 11.7 Å². The second-order valence-electron chi connectivity index (χ2n) is 11.5. The van der Waals surface area contributed by atoms with Crippen LogP contribution in [0.1, 0.15) is 38.9 Å². The van der Waals surface area contributed by atoms with Gasteiger partial charge in [-0.15, -0.1) is 0 Å². The molecular formula is C38H28N2O5. The van der Waals surface area contributed by atoms with E-state index in [0.717, 1.165) is 22.4 Å². The normalized spacial score (nSPS) is 22.6. The molecule has 1 amide bonds. The smallest absolute Gasteiger partial charge is 0.314 e. The van der Waals surface area contributed by atoms with E-state index >= 15 is 4.79 Å². The van der Waals surface area contributed by atoms with Gasteiger partial charge >= 0.3 is 5.97 Å². The molecule has 0 unspecified atom stereocenters. The van der Waals surface area contributed by atoms with E-state index in [2.05, 4.69) is 5.32 Å². The van der Waals surface area contributed by atoms with Crippen molar-refractivity contribution in [3.8, 4) is 0 Å². The number of Topliss-reactive ketones (excluding diaryl/α,β-unsaturated/α-hetero) is 1. The number of benzene rings is 4. The van der Waals surface area contributed by atoms with Crippen LogP contribution in [0.4, 0.5) is 11.4 Å². The van der Waals surface area contributed by atoms with Gasteiger partial charge in [0.2, 0.25) is 11.7 Å². The summed E-state index contributed by atoms with van der Waals surface area (Å²) in [6.45, 7) is 0. The molecule has 8 rings (SSSR count). The number of fused-ring (bicyclic) bond motifs is 6. The van der Waals surface area contributed by atoms with Gasteiger partial charge in [0.1, 0.15) is 17.4 Å². The van der Waals surface area contributed by atoms with Crippen molar-refractivity contribution in [2.45, 2.75) is 23.6 Å². The van der Waals surface area contributed by atoms with Crippen LogP contribution >= 0.6 is 0 Å². The van der Waals surface area contributed by atoms with Crippen LogP contribution in [-0.2, 0) is 19.7 Å². The van der Waals surface area contributed by atoms with Gasteiger partial charge in [0.15, 0.2) is 11.9 Å². The summed E-state index contributed by atoms with van der Waals surface area (Å²) < 4.78 is 12.1. The second-order valence-corrected chi connectivity index (χ2v) is 11.5. The lowest BCUT2D eigenvalue weighted by atomic mass is 9.66. The van der Waals surface area contributed by atoms with Crippen molar-refractivity contribution in [1.82, 2.24) is 0 Å². The quantitative estimate of drug-likeness (QED) is 0.177. The summed E-state index contributed by atoms with van der Waals surface area (Å²) in [5, 5.41) is 3.04. The predicted octanol–water partition coefficient (Wildman–Crippen LogP) is 6.59. The van der Waals surface area contributed by atoms with Crippen LogP contribution in [0.5, 0.6) is 0 Å². The summed E-state index contributed by atoms with van der Waals surface area (Å²) in [4.78, 5) is 46.0. The lowest BCUT2D eigenvalue weighted by Crippen LogP contribution is -2.51. The number of carbonyl (C=O) groups is 3. The average molecular weight is 593 g/mol. The number of ketones is 1. The fourth-order valence-electron chi connectivity index (χ4n) is 7.42. The predicted molar refractivity (Wildman–Crippen MR) is 170 cm³/mol. The molecule has 1 N–H and O–H groups in total. The van der Waals surface area contributed by atoms with Gasteiger partial charge in [-0.05, 0) is 46.5 Å². The summed E-state index contributed by atoms with van der Waals surface area (Å²) in [5.74, 6) is -2.52. The molecule has 1 aromatic heterocycles. The van der Waals surface area contributed by atoms with Gasteiger partial charge in [-0.3, -0.25) is 14.4 Å². The molecular weight excluding hydrogens is 564 g/mol. The minimum Gasteiger partial charge on any atom is -0.461 e. The first kappa shape index (κ1) is 26.9. The van der Waals surface area contributed by atoms with E-state index in [9.17, 15) is 9.59 Å². The number of para-hydroxylation sites is 2. The molecule has 4 heterocycles. The number of furan rings is 1. The third-order valence-electron chi connectivity index (χ3n) is 9.27. The van der Waals surface area contributed by atoms with Crippen molar-refractivity contribution in [2.75, 3.05) is 10.2 Å². The Hall–Kier alpha value is -5.69. The van der Waals surface area contributed by atoms with Crippen molar-refractivity contribution in [3.63, 3.8) is 0 Å². The second kappa shape index (κ2) is 10.5. The topological polar surface area (TPSA) is 88.9 Å². The zero-order valence-corrected chi connectivity index (χ0v) is 24.1. The molecule has 4 atom stereocenters. The van der Waals surface area contributed by atoms with Crippen molar-refractivity contribution in [2.24, 2.45) is 5.92 Å². The molecule has 5 aromatic rings. The Morgan fingerprint density at radius 1 is 0.800 bits per heavy atom. The van der Waals surface area contributed by atoms with E-state index in [1.54, 1.807) is 12.1 Å². The van der Waals surface area contributed by atoms with E-state index in [1.165, 1.54) is 6.26 Å². The highest BCUT2D eigenvalue weighted by atomic mass is 16.5. The van der Waals surface area contributed by atoms with Gasteiger partial charge < -0.3 is 19.4 Å². The minimum atomic E-state index is -1.47. The maximum atomic E-state index is 15.0. The third kappa shape index (κ3) is 4.00. The van der Waals surface area contributed by atoms with Gasteiger partial charge in [0, 0.05) is 11.4 Å². The maximum absolute atomic E-state index is 15.0. The number of esters is 1. The first-order valence-corrected chi connectivity index (χ1v) is 14.9. The number of anilines is 2. The Balaban J connectivity index is 1.35. The number of ether oxygens (including phenoxy) is 1. The van der Waals surface area contributed by atoms with Gasteiger partial charge in [-0.2, -0.15) is 0 Å².